The van der Waals surface area contributed by atoms with E-state index in [1.165, 1.54) is 11.9 Å². The van der Waals surface area contributed by atoms with E-state index >= 15 is 0 Å². The molecule has 2 aromatic rings. The van der Waals surface area contributed by atoms with Gasteiger partial charge in [-0.2, -0.15) is 4.98 Å². The summed E-state index contributed by atoms with van der Waals surface area (Å²) in [7, 11) is 0. The molecule has 0 saturated heterocycles. The lowest BCUT2D eigenvalue weighted by Crippen LogP contribution is -1.77. The molecule has 1 aromatic heterocycles. The number of nitrogens with zero attached hydrogens (tertiary/aromatic N) is 2. The van der Waals surface area contributed by atoms with E-state index in [0.717, 1.165) is 5.56 Å². The summed E-state index contributed by atoms with van der Waals surface area (Å²) in [4.78, 5) is 3.95. The van der Waals surface area contributed by atoms with Crippen LogP contribution in [0.1, 0.15) is 5.56 Å². The van der Waals surface area contributed by atoms with Gasteiger partial charge in [-0.15, -0.1) is 0 Å². The molecule has 0 atom stereocenters. The molecular formula is C9H8N2O. The molecule has 0 radical (unpaired) electrons. The predicted molar refractivity (Wildman–Crippen MR) is 44.5 cm³/mol. The van der Waals surface area contributed by atoms with Crippen molar-refractivity contribution >= 4 is 0 Å². The topological polar surface area (TPSA) is 38.9 Å². The smallest absolute Gasteiger partial charge is 0.257 e. The third kappa shape index (κ3) is 1.21. The van der Waals surface area contributed by atoms with Crippen molar-refractivity contribution in [1.82, 2.24) is 10.1 Å². The third-order valence-electron chi connectivity index (χ3n) is 1.63. The molecule has 2 rings (SSSR count). The lowest BCUT2D eigenvalue weighted by molar-refractivity contribution is 0.430. The maximum atomic E-state index is 4.91. The molecule has 3 heteroatoms. The summed E-state index contributed by atoms with van der Waals surface area (Å²) in [5.74, 6) is 0.568. The fourth-order valence-corrected chi connectivity index (χ4v) is 1.08. The first kappa shape index (κ1) is 7.03. The van der Waals surface area contributed by atoms with Gasteiger partial charge in [-0.05, 0) is 19.1 Å². The second-order valence-electron chi connectivity index (χ2n) is 2.62. The first-order valence-corrected chi connectivity index (χ1v) is 3.70. The summed E-state index contributed by atoms with van der Waals surface area (Å²) in [5, 5.41) is 3.54. The van der Waals surface area contributed by atoms with Crippen LogP contribution in [0.2, 0.25) is 0 Å². The van der Waals surface area contributed by atoms with Crippen LogP contribution in [0.3, 0.4) is 0 Å². The maximum Gasteiger partial charge on any atom is 0.257 e. The molecular weight excluding hydrogens is 152 g/mol. The van der Waals surface area contributed by atoms with Crippen LogP contribution < -0.4 is 0 Å². The molecule has 0 amide bonds. The van der Waals surface area contributed by atoms with Gasteiger partial charge in [0.2, 0.25) is 0 Å². The second kappa shape index (κ2) is 2.77. The average Bonchev–Trinajstić information content (AvgIpc) is 2.56. The van der Waals surface area contributed by atoms with Gasteiger partial charge in [-0.3, -0.25) is 0 Å². The van der Waals surface area contributed by atoms with Crippen LogP contribution in [0.25, 0.3) is 11.5 Å². The first-order valence-electron chi connectivity index (χ1n) is 3.70. The molecule has 3 nitrogen and oxygen atoms in total. The van der Waals surface area contributed by atoms with Gasteiger partial charge in [-0.1, -0.05) is 22.9 Å². The van der Waals surface area contributed by atoms with E-state index in [2.05, 4.69) is 10.1 Å². The quantitative estimate of drug-likeness (QED) is 0.640. The maximum absolute atomic E-state index is 4.91. The van der Waals surface area contributed by atoms with Crippen molar-refractivity contribution in [2.24, 2.45) is 0 Å². The van der Waals surface area contributed by atoms with E-state index in [-0.39, 0.29) is 0 Å². The Hall–Kier alpha value is -1.64. The zero-order chi connectivity index (χ0) is 8.39. The molecule has 0 N–H and O–H groups in total. The van der Waals surface area contributed by atoms with Gasteiger partial charge in [0, 0.05) is 5.56 Å². The van der Waals surface area contributed by atoms with Crippen LogP contribution >= 0.6 is 0 Å². The highest BCUT2D eigenvalue weighted by molar-refractivity contribution is 5.53. The number of benzene rings is 1. The standard InChI is InChI=1S/C9H8N2O/c1-7-3-2-4-8(5-7)9-10-6-11-12-9/h2-6H,1H3. The molecule has 0 aliphatic rings. The van der Waals surface area contributed by atoms with E-state index in [1.807, 2.05) is 31.2 Å². The van der Waals surface area contributed by atoms with Crippen molar-refractivity contribution < 1.29 is 4.52 Å². The molecule has 0 fully saturated rings. The van der Waals surface area contributed by atoms with E-state index in [4.69, 9.17) is 4.52 Å². The fraction of sp³-hybridized carbons (Fsp3) is 0.111. The highest BCUT2D eigenvalue weighted by Gasteiger charge is 2.01. The van der Waals surface area contributed by atoms with Gasteiger partial charge in [-0.25, -0.2) is 0 Å². The molecule has 0 aliphatic heterocycles. The highest BCUT2D eigenvalue weighted by Crippen LogP contribution is 2.16. The number of aryl methyl sites for hydroxylation is 1. The van der Waals surface area contributed by atoms with Crippen molar-refractivity contribution in [1.29, 1.82) is 0 Å². The first-order chi connectivity index (χ1) is 5.86. The molecule has 0 bridgehead atoms. The van der Waals surface area contributed by atoms with Crippen LogP contribution in [0, 0.1) is 6.92 Å². The van der Waals surface area contributed by atoms with Crippen molar-refractivity contribution in [3.8, 4) is 11.5 Å². The molecule has 0 saturated carbocycles. The number of rotatable bonds is 1. The van der Waals surface area contributed by atoms with E-state index in [1.54, 1.807) is 0 Å². The summed E-state index contributed by atoms with van der Waals surface area (Å²) < 4.78 is 4.91. The Morgan fingerprint density at radius 1 is 1.33 bits per heavy atom. The third-order valence-corrected chi connectivity index (χ3v) is 1.63. The lowest BCUT2D eigenvalue weighted by Gasteiger charge is -1.94. The lowest BCUT2D eigenvalue weighted by atomic mass is 10.1. The van der Waals surface area contributed by atoms with Crippen LogP contribution in [0.15, 0.2) is 35.1 Å². The number of hydrogen-bond acceptors (Lipinski definition) is 3. The second-order valence-corrected chi connectivity index (χ2v) is 2.62. The summed E-state index contributed by atoms with van der Waals surface area (Å²) in [6.45, 7) is 2.03. The SMILES string of the molecule is Cc1cccc(-c2ncno2)c1. The molecule has 0 unspecified atom stereocenters. The summed E-state index contributed by atoms with van der Waals surface area (Å²) in [6, 6.07) is 7.95. The van der Waals surface area contributed by atoms with Crippen molar-refractivity contribution in [2.75, 3.05) is 0 Å². The number of hydrogen-bond donors (Lipinski definition) is 0. The van der Waals surface area contributed by atoms with E-state index < -0.39 is 0 Å². The average molecular weight is 160 g/mol. The van der Waals surface area contributed by atoms with Gasteiger partial charge in [0.15, 0.2) is 6.33 Å². The van der Waals surface area contributed by atoms with E-state index in [9.17, 15) is 0 Å². The predicted octanol–water partition coefficient (Wildman–Crippen LogP) is 2.05. The Morgan fingerprint density at radius 3 is 2.92 bits per heavy atom. The Kier molecular flexibility index (Phi) is 1.63. The highest BCUT2D eigenvalue weighted by atomic mass is 16.5. The molecule has 1 heterocycles. The van der Waals surface area contributed by atoms with E-state index in [0.29, 0.717) is 5.89 Å². The van der Waals surface area contributed by atoms with Gasteiger partial charge >= 0.3 is 0 Å². The Morgan fingerprint density at radius 2 is 2.25 bits per heavy atom. The Bertz CT molecular complexity index is 368. The normalized spacial score (nSPS) is 10.1. The van der Waals surface area contributed by atoms with Gasteiger partial charge in [0.05, 0.1) is 0 Å². The van der Waals surface area contributed by atoms with Crippen LogP contribution in [-0.4, -0.2) is 10.1 Å². The molecule has 0 spiro atoms. The molecule has 60 valence electrons. The molecule has 1 aromatic carbocycles. The fourth-order valence-electron chi connectivity index (χ4n) is 1.08. The minimum absolute atomic E-state index is 0.568. The molecule has 0 aliphatic carbocycles. The zero-order valence-electron chi connectivity index (χ0n) is 6.69. The minimum atomic E-state index is 0.568. The minimum Gasteiger partial charge on any atom is -0.334 e. The summed E-state index contributed by atoms with van der Waals surface area (Å²) >= 11 is 0. The monoisotopic (exact) mass is 160 g/mol. The van der Waals surface area contributed by atoms with Gasteiger partial charge < -0.3 is 4.52 Å². The van der Waals surface area contributed by atoms with Crippen molar-refractivity contribution in [2.45, 2.75) is 6.92 Å². The van der Waals surface area contributed by atoms with Crippen molar-refractivity contribution in [3.63, 3.8) is 0 Å². The van der Waals surface area contributed by atoms with Crippen LogP contribution in [0.5, 0.6) is 0 Å². The van der Waals surface area contributed by atoms with Gasteiger partial charge in [0.1, 0.15) is 0 Å². The Balaban J connectivity index is 2.48. The van der Waals surface area contributed by atoms with Gasteiger partial charge in [0.25, 0.3) is 5.89 Å². The zero-order valence-corrected chi connectivity index (χ0v) is 6.69. The van der Waals surface area contributed by atoms with Crippen LogP contribution in [-0.2, 0) is 0 Å². The molecule has 12 heavy (non-hydrogen) atoms. The summed E-state index contributed by atoms with van der Waals surface area (Å²) in [6.07, 6.45) is 1.40. The largest absolute Gasteiger partial charge is 0.334 e. The summed E-state index contributed by atoms with van der Waals surface area (Å²) in [5.41, 5.74) is 2.15. The number of aromatic nitrogens is 2. The van der Waals surface area contributed by atoms with Crippen molar-refractivity contribution in [3.05, 3.63) is 36.2 Å². The Labute approximate surface area is 70.0 Å². The van der Waals surface area contributed by atoms with Crippen LogP contribution in [0.4, 0.5) is 0 Å².